The Labute approximate surface area is 182 Å². The van der Waals surface area contributed by atoms with E-state index in [4.69, 9.17) is 4.74 Å². The zero-order chi connectivity index (χ0) is 21.8. The van der Waals surface area contributed by atoms with E-state index in [0.717, 1.165) is 11.3 Å². The first-order chi connectivity index (χ1) is 15.1. The number of nitrogens with zero attached hydrogens (tertiary/aromatic N) is 3. The molecule has 9 heteroatoms. The lowest BCUT2D eigenvalue weighted by molar-refractivity contribution is -0.120. The van der Waals surface area contributed by atoms with Gasteiger partial charge in [-0.1, -0.05) is 48.2 Å². The molecule has 2 heterocycles. The van der Waals surface area contributed by atoms with Crippen molar-refractivity contribution in [2.45, 2.75) is 23.9 Å². The quantitative estimate of drug-likeness (QED) is 0.342. The molecule has 2 aromatic carbocycles. The summed E-state index contributed by atoms with van der Waals surface area (Å²) in [6.45, 7) is 2.11. The van der Waals surface area contributed by atoms with Gasteiger partial charge >= 0.3 is 0 Å². The summed E-state index contributed by atoms with van der Waals surface area (Å²) in [5.41, 5.74) is 1.83. The predicted octanol–water partition coefficient (Wildman–Crippen LogP) is 2.91. The number of rotatable bonds is 7. The number of aromatic nitrogens is 4. The minimum atomic E-state index is -0.469. The van der Waals surface area contributed by atoms with Crippen molar-refractivity contribution in [2.24, 2.45) is 0 Å². The zero-order valence-corrected chi connectivity index (χ0v) is 17.8. The van der Waals surface area contributed by atoms with Gasteiger partial charge in [-0.3, -0.25) is 9.59 Å². The molecule has 0 aliphatic carbocycles. The number of fused-ring (bicyclic) bond motifs is 1. The third-order valence-corrected chi connectivity index (χ3v) is 5.70. The molecule has 1 amide bonds. The Kier molecular flexibility index (Phi) is 6.03. The highest BCUT2D eigenvalue weighted by atomic mass is 32.2. The molecular weight excluding hydrogens is 414 g/mol. The number of hydrogen-bond acceptors (Lipinski definition) is 6. The summed E-state index contributed by atoms with van der Waals surface area (Å²) >= 11 is 1.18. The van der Waals surface area contributed by atoms with Crippen molar-refractivity contribution in [1.29, 1.82) is 0 Å². The predicted molar refractivity (Wildman–Crippen MR) is 120 cm³/mol. The lowest BCUT2D eigenvalue weighted by Gasteiger charge is -2.13. The number of carbonyl (C=O) groups is 1. The van der Waals surface area contributed by atoms with E-state index >= 15 is 0 Å². The molecule has 0 radical (unpaired) electrons. The van der Waals surface area contributed by atoms with E-state index in [1.165, 1.54) is 18.0 Å². The van der Waals surface area contributed by atoms with Gasteiger partial charge in [0, 0.05) is 12.1 Å². The number of para-hydroxylation sites is 2. The molecule has 0 saturated heterocycles. The van der Waals surface area contributed by atoms with Crippen molar-refractivity contribution >= 4 is 28.7 Å². The molecule has 0 saturated carbocycles. The number of benzene rings is 2. The van der Waals surface area contributed by atoms with E-state index in [-0.39, 0.29) is 11.5 Å². The monoisotopic (exact) mass is 435 g/mol. The van der Waals surface area contributed by atoms with Gasteiger partial charge in [0.1, 0.15) is 11.1 Å². The standard InChI is InChI=1S/C22H21N5O3S/c1-14(20(28)23-12-15-8-6-7-11-18(15)30-2)31-22-25-19-17(21(29)26-22)13-24-27(19)16-9-4-3-5-10-16/h3-11,13-14H,12H2,1-2H3,(H,23,28)(H,25,26,29)/t14-/m1/s1. The van der Waals surface area contributed by atoms with Crippen LogP contribution in [0.1, 0.15) is 12.5 Å². The number of amides is 1. The minimum absolute atomic E-state index is 0.171. The molecule has 1 atom stereocenters. The van der Waals surface area contributed by atoms with Gasteiger partial charge in [-0.05, 0) is 25.1 Å². The summed E-state index contributed by atoms with van der Waals surface area (Å²) in [7, 11) is 1.59. The second-order valence-electron chi connectivity index (χ2n) is 6.79. The maximum absolute atomic E-state index is 12.6. The highest BCUT2D eigenvalue weighted by Gasteiger charge is 2.18. The van der Waals surface area contributed by atoms with Gasteiger partial charge in [0.2, 0.25) is 5.91 Å². The second-order valence-corrected chi connectivity index (χ2v) is 8.12. The van der Waals surface area contributed by atoms with Crippen molar-refractivity contribution in [3.05, 3.63) is 76.7 Å². The number of aromatic amines is 1. The molecule has 0 fully saturated rings. The summed E-state index contributed by atoms with van der Waals surface area (Å²) in [6, 6.07) is 17.0. The first-order valence-electron chi connectivity index (χ1n) is 9.66. The lowest BCUT2D eigenvalue weighted by Crippen LogP contribution is -2.30. The molecule has 4 aromatic rings. The van der Waals surface area contributed by atoms with Gasteiger partial charge in [-0.2, -0.15) is 5.10 Å². The van der Waals surface area contributed by atoms with E-state index in [9.17, 15) is 9.59 Å². The summed E-state index contributed by atoms with van der Waals surface area (Å²) in [5, 5.41) is 7.47. The Morgan fingerprint density at radius 1 is 1.19 bits per heavy atom. The molecule has 0 aliphatic heterocycles. The van der Waals surface area contributed by atoms with Crippen LogP contribution in [0, 0.1) is 0 Å². The van der Waals surface area contributed by atoms with Crippen LogP contribution in [0.15, 0.2) is 70.7 Å². The fraction of sp³-hybridized carbons (Fsp3) is 0.182. The molecule has 0 unspecified atom stereocenters. The normalized spacial score (nSPS) is 11.9. The van der Waals surface area contributed by atoms with E-state index in [1.54, 1.807) is 18.7 Å². The number of nitrogens with one attached hydrogen (secondary N) is 2. The number of ether oxygens (including phenoxy) is 1. The number of H-pyrrole nitrogens is 1. The highest BCUT2D eigenvalue weighted by molar-refractivity contribution is 8.00. The number of thioether (sulfide) groups is 1. The lowest BCUT2D eigenvalue weighted by atomic mass is 10.2. The molecule has 4 rings (SSSR count). The highest BCUT2D eigenvalue weighted by Crippen LogP contribution is 2.22. The Morgan fingerprint density at radius 3 is 2.71 bits per heavy atom. The van der Waals surface area contributed by atoms with Crippen LogP contribution >= 0.6 is 11.8 Å². The van der Waals surface area contributed by atoms with Crippen molar-refractivity contribution in [2.75, 3.05) is 7.11 Å². The van der Waals surface area contributed by atoms with E-state index in [2.05, 4.69) is 20.4 Å². The van der Waals surface area contributed by atoms with Crippen LogP contribution in [0.3, 0.4) is 0 Å². The van der Waals surface area contributed by atoms with Gasteiger partial charge in [0.25, 0.3) is 5.56 Å². The number of carbonyl (C=O) groups excluding carboxylic acids is 1. The van der Waals surface area contributed by atoms with Crippen LogP contribution in [0.5, 0.6) is 5.75 Å². The third kappa shape index (κ3) is 4.46. The van der Waals surface area contributed by atoms with Gasteiger partial charge in [-0.25, -0.2) is 9.67 Å². The maximum Gasteiger partial charge on any atom is 0.262 e. The molecule has 0 bridgehead atoms. The largest absolute Gasteiger partial charge is 0.496 e. The number of methoxy groups -OCH3 is 1. The van der Waals surface area contributed by atoms with Crippen LogP contribution < -0.4 is 15.6 Å². The molecule has 8 nitrogen and oxygen atoms in total. The van der Waals surface area contributed by atoms with Gasteiger partial charge in [0.05, 0.1) is 24.2 Å². The number of hydrogen-bond donors (Lipinski definition) is 2. The topological polar surface area (TPSA) is 102 Å². The van der Waals surface area contributed by atoms with Crippen LogP contribution in [0.2, 0.25) is 0 Å². The van der Waals surface area contributed by atoms with Gasteiger partial charge in [0.15, 0.2) is 10.8 Å². The Hall–Kier alpha value is -3.59. The fourth-order valence-corrected chi connectivity index (χ4v) is 3.92. The molecular formula is C22H21N5O3S. The maximum atomic E-state index is 12.6. The van der Waals surface area contributed by atoms with Crippen LogP contribution in [0.25, 0.3) is 16.7 Å². The summed E-state index contributed by atoms with van der Waals surface area (Å²) in [5.74, 6) is 0.545. The molecule has 158 valence electrons. The Balaban J connectivity index is 1.51. The molecule has 31 heavy (non-hydrogen) atoms. The van der Waals surface area contributed by atoms with Gasteiger partial charge < -0.3 is 15.0 Å². The fourth-order valence-electron chi connectivity index (χ4n) is 3.11. The molecule has 2 aromatic heterocycles. The second kappa shape index (κ2) is 9.05. The van der Waals surface area contributed by atoms with Crippen molar-refractivity contribution in [3.63, 3.8) is 0 Å². The van der Waals surface area contributed by atoms with Gasteiger partial charge in [-0.15, -0.1) is 0 Å². The summed E-state index contributed by atoms with van der Waals surface area (Å²) in [6.07, 6.45) is 1.49. The minimum Gasteiger partial charge on any atom is -0.496 e. The molecule has 0 aliphatic rings. The first-order valence-corrected chi connectivity index (χ1v) is 10.5. The average Bonchev–Trinajstić information content (AvgIpc) is 3.22. The van der Waals surface area contributed by atoms with Crippen LogP contribution in [-0.2, 0) is 11.3 Å². The zero-order valence-electron chi connectivity index (χ0n) is 17.0. The van der Waals surface area contributed by atoms with Crippen molar-refractivity contribution < 1.29 is 9.53 Å². The molecule has 0 spiro atoms. The van der Waals surface area contributed by atoms with Crippen molar-refractivity contribution in [1.82, 2.24) is 25.1 Å². The smallest absolute Gasteiger partial charge is 0.262 e. The van der Waals surface area contributed by atoms with E-state index in [0.29, 0.717) is 28.5 Å². The average molecular weight is 436 g/mol. The van der Waals surface area contributed by atoms with Crippen molar-refractivity contribution in [3.8, 4) is 11.4 Å². The molecule has 2 N–H and O–H groups in total. The Morgan fingerprint density at radius 2 is 1.94 bits per heavy atom. The third-order valence-electron chi connectivity index (χ3n) is 4.72. The Bertz CT molecular complexity index is 1270. The van der Waals surface area contributed by atoms with Crippen LogP contribution in [-0.4, -0.2) is 38.0 Å². The first kappa shape index (κ1) is 20.7. The summed E-state index contributed by atoms with van der Waals surface area (Å²) < 4.78 is 6.93. The summed E-state index contributed by atoms with van der Waals surface area (Å²) in [4.78, 5) is 32.4. The van der Waals surface area contributed by atoms with E-state index < -0.39 is 5.25 Å². The SMILES string of the molecule is COc1ccccc1CNC(=O)[C@@H](C)Sc1nc2c(cnn2-c2ccccc2)c(=O)[nH]1. The van der Waals surface area contributed by atoms with Crippen LogP contribution in [0.4, 0.5) is 0 Å². The van der Waals surface area contributed by atoms with E-state index in [1.807, 2.05) is 54.6 Å².